The van der Waals surface area contributed by atoms with Gasteiger partial charge in [-0.05, 0) is 36.1 Å². The van der Waals surface area contributed by atoms with E-state index < -0.39 is 22.2 Å². The van der Waals surface area contributed by atoms with E-state index in [1.165, 1.54) is 16.4 Å². The van der Waals surface area contributed by atoms with E-state index in [4.69, 9.17) is 11.5 Å². The number of rotatable bonds is 9. The molecule has 3 aromatic rings. The van der Waals surface area contributed by atoms with Crippen LogP contribution in [-0.4, -0.2) is 53.3 Å². The molecule has 0 aliphatic heterocycles. The molecule has 0 aliphatic carbocycles. The molecule has 0 saturated heterocycles. The Bertz CT molecular complexity index is 1080. The summed E-state index contributed by atoms with van der Waals surface area (Å²) in [6.07, 6.45) is -0.559. The number of H-pyrrole nitrogens is 1. The lowest BCUT2D eigenvalue weighted by Crippen LogP contribution is -2.47. The molecule has 0 radical (unpaired) electrons. The summed E-state index contributed by atoms with van der Waals surface area (Å²) in [6, 6.07) is 13.6. The van der Waals surface area contributed by atoms with Gasteiger partial charge in [-0.2, -0.15) is 9.40 Å². The van der Waals surface area contributed by atoms with Crippen LogP contribution in [-0.2, 0) is 16.4 Å². The van der Waals surface area contributed by atoms with Gasteiger partial charge in [-0.15, -0.1) is 0 Å². The minimum absolute atomic E-state index is 0.0695. The average Bonchev–Trinajstić information content (AvgIpc) is 3.08. The van der Waals surface area contributed by atoms with Crippen molar-refractivity contribution in [2.24, 2.45) is 11.7 Å². The molecule has 9 heteroatoms. The largest absolute Gasteiger partial charge is 0.390 e. The van der Waals surface area contributed by atoms with Crippen LogP contribution in [0, 0.1) is 5.92 Å². The first-order valence-electron chi connectivity index (χ1n) is 9.89. The van der Waals surface area contributed by atoms with Gasteiger partial charge in [0.15, 0.2) is 5.82 Å². The fraction of sp³-hybridized carbons (Fsp3) is 0.381. The third-order valence-corrected chi connectivity index (χ3v) is 6.80. The molecule has 0 spiro atoms. The number of fused-ring (bicyclic) bond motifs is 1. The van der Waals surface area contributed by atoms with E-state index in [9.17, 15) is 13.5 Å². The van der Waals surface area contributed by atoms with Gasteiger partial charge >= 0.3 is 0 Å². The molecule has 0 aliphatic rings. The third kappa shape index (κ3) is 4.99. The first-order valence-corrected chi connectivity index (χ1v) is 11.3. The number of nitrogens with two attached hydrogens (primary N) is 2. The smallest absolute Gasteiger partial charge is 0.243 e. The van der Waals surface area contributed by atoms with Gasteiger partial charge < -0.3 is 16.6 Å². The van der Waals surface area contributed by atoms with E-state index in [0.29, 0.717) is 17.3 Å². The summed E-state index contributed by atoms with van der Waals surface area (Å²) in [5.41, 5.74) is 13.7. The number of aliphatic hydroxyl groups excluding tert-OH is 1. The monoisotopic (exact) mass is 431 g/mol. The highest BCUT2D eigenvalue weighted by Gasteiger charge is 2.30. The summed E-state index contributed by atoms with van der Waals surface area (Å²) in [7, 11) is -3.86. The Morgan fingerprint density at radius 2 is 1.83 bits per heavy atom. The van der Waals surface area contributed by atoms with Gasteiger partial charge in [-0.1, -0.05) is 44.2 Å². The predicted molar refractivity (Wildman–Crippen MR) is 118 cm³/mol. The SMILES string of the molecule is CC(C)CN(CC(O)C(N)Cc1ccccc1)S(=O)(=O)c1ccc2[nH]nc(N)c2c1. The molecule has 3 rings (SSSR count). The molecule has 1 aromatic heterocycles. The Labute approximate surface area is 176 Å². The quantitative estimate of drug-likeness (QED) is 0.407. The summed E-state index contributed by atoms with van der Waals surface area (Å²) >= 11 is 0. The third-order valence-electron chi connectivity index (χ3n) is 4.97. The molecule has 162 valence electrons. The maximum Gasteiger partial charge on any atom is 0.243 e. The molecular formula is C21H29N5O3S. The number of nitrogen functional groups attached to an aromatic ring is 1. The van der Waals surface area contributed by atoms with Gasteiger partial charge in [-0.25, -0.2) is 8.42 Å². The van der Waals surface area contributed by atoms with E-state index in [2.05, 4.69) is 10.2 Å². The summed E-state index contributed by atoms with van der Waals surface area (Å²) < 4.78 is 28.0. The van der Waals surface area contributed by atoms with Crippen molar-refractivity contribution < 1.29 is 13.5 Å². The van der Waals surface area contributed by atoms with E-state index in [-0.39, 0.29) is 29.7 Å². The Morgan fingerprint density at radius 1 is 1.13 bits per heavy atom. The fourth-order valence-corrected chi connectivity index (χ4v) is 5.02. The van der Waals surface area contributed by atoms with Crippen LogP contribution >= 0.6 is 0 Å². The highest BCUT2D eigenvalue weighted by atomic mass is 32.2. The van der Waals surface area contributed by atoms with Crippen LogP contribution in [0.15, 0.2) is 53.4 Å². The minimum atomic E-state index is -3.86. The summed E-state index contributed by atoms with van der Waals surface area (Å²) in [4.78, 5) is 0.104. The number of anilines is 1. The normalized spacial score (nSPS) is 14.5. The number of hydrogen-bond acceptors (Lipinski definition) is 6. The molecule has 2 unspecified atom stereocenters. The maximum atomic E-state index is 13.4. The van der Waals surface area contributed by atoms with E-state index >= 15 is 0 Å². The fourth-order valence-electron chi connectivity index (χ4n) is 3.37. The molecule has 2 aromatic carbocycles. The van der Waals surface area contributed by atoms with Crippen molar-refractivity contribution in [2.45, 2.75) is 37.3 Å². The van der Waals surface area contributed by atoms with Crippen molar-refractivity contribution in [2.75, 3.05) is 18.8 Å². The Hall–Kier alpha value is -2.46. The first kappa shape index (κ1) is 22.2. The molecule has 6 N–H and O–H groups in total. The number of aliphatic hydroxyl groups is 1. The Balaban J connectivity index is 1.83. The molecular weight excluding hydrogens is 402 g/mol. The van der Waals surface area contributed by atoms with Crippen LogP contribution in [0.1, 0.15) is 19.4 Å². The highest BCUT2D eigenvalue weighted by Crippen LogP contribution is 2.25. The van der Waals surface area contributed by atoms with E-state index in [0.717, 1.165) is 5.56 Å². The van der Waals surface area contributed by atoms with Crippen molar-refractivity contribution >= 4 is 26.7 Å². The second kappa shape index (κ2) is 9.13. The molecule has 1 heterocycles. The van der Waals surface area contributed by atoms with Crippen LogP contribution in [0.2, 0.25) is 0 Å². The van der Waals surface area contributed by atoms with Crippen molar-refractivity contribution in [3.05, 3.63) is 54.1 Å². The zero-order valence-corrected chi connectivity index (χ0v) is 18.0. The van der Waals surface area contributed by atoms with Crippen molar-refractivity contribution in [1.82, 2.24) is 14.5 Å². The predicted octanol–water partition coefficient (Wildman–Crippen LogP) is 1.72. The van der Waals surface area contributed by atoms with E-state index in [1.807, 2.05) is 44.2 Å². The van der Waals surface area contributed by atoms with Crippen molar-refractivity contribution in [3.8, 4) is 0 Å². The Kier molecular flexibility index (Phi) is 6.77. The number of nitrogens with zero attached hydrogens (tertiary/aromatic N) is 2. The second-order valence-corrected chi connectivity index (χ2v) is 9.89. The van der Waals surface area contributed by atoms with Crippen LogP contribution < -0.4 is 11.5 Å². The molecule has 0 saturated carbocycles. The number of hydrogen-bond donors (Lipinski definition) is 4. The van der Waals surface area contributed by atoms with E-state index in [1.54, 1.807) is 6.07 Å². The van der Waals surface area contributed by atoms with Crippen molar-refractivity contribution in [3.63, 3.8) is 0 Å². The average molecular weight is 432 g/mol. The standard InChI is InChI=1S/C21H29N5O3S/c1-14(2)12-26(13-20(27)18(22)10-15-6-4-3-5-7-15)30(28,29)16-8-9-19-17(11-16)21(23)25-24-19/h3-9,11,14,18,20,27H,10,12-13,22H2,1-2H3,(H3,23,24,25). The van der Waals surface area contributed by atoms with Crippen LogP contribution in [0.25, 0.3) is 10.9 Å². The first-order chi connectivity index (χ1) is 14.2. The summed E-state index contributed by atoms with van der Waals surface area (Å²) in [5.74, 6) is 0.308. The topological polar surface area (TPSA) is 138 Å². The van der Waals surface area contributed by atoms with Gasteiger partial charge in [0.1, 0.15) is 0 Å². The molecule has 0 fully saturated rings. The number of aromatic nitrogens is 2. The molecule has 0 bridgehead atoms. The van der Waals surface area contributed by atoms with Gasteiger partial charge in [0.2, 0.25) is 10.0 Å². The number of nitrogens with one attached hydrogen (secondary N) is 1. The van der Waals surface area contributed by atoms with Crippen LogP contribution in [0.4, 0.5) is 5.82 Å². The molecule has 30 heavy (non-hydrogen) atoms. The Morgan fingerprint density at radius 3 is 2.50 bits per heavy atom. The second-order valence-electron chi connectivity index (χ2n) is 7.95. The lowest BCUT2D eigenvalue weighted by Gasteiger charge is -2.28. The lowest BCUT2D eigenvalue weighted by atomic mass is 10.0. The molecule has 8 nitrogen and oxygen atoms in total. The van der Waals surface area contributed by atoms with Gasteiger partial charge in [0.05, 0.1) is 16.5 Å². The zero-order chi connectivity index (χ0) is 21.9. The maximum absolute atomic E-state index is 13.4. The van der Waals surface area contributed by atoms with Crippen LogP contribution in [0.5, 0.6) is 0 Å². The number of aromatic amines is 1. The number of sulfonamides is 1. The van der Waals surface area contributed by atoms with Crippen molar-refractivity contribution in [1.29, 1.82) is 0 Å². The van der Waals surface area contributed by atoms with Gasteiger partial charge in [0, 0.05) is 24.5 Å². The molecule has 2 atom stereocenters. The molecule has 0 amide bonds. The highest BCUT2D eigenvalue weighted by molar-refractivity contribution is 7.89. The van der Waals surface area contributed by atoms with Gasteiger partial charge in [0.25, 0.3) is 0 Å². The van der Waals surface area contributed by atoms with Crippen LogP contribution in [0.3, 0.4) is 0 Å². The number of benzene rings is 2. The lowest BCUT2D eigenvalue weighted by molar-refractivity contribution is 0.116. The summed E-state index contributed by atoms with van der Waals surface area (Å²) in [5, 5.41) is 17.9. The summed E-state index contributed by atoms with van der Waals surface area (Å²) in [6.45, 7) is 4.02. The van der Waals surface area contributed by atoms with Gasteiger partial charge in [-0.3, -0.25) is 5.10 Å². The zero-order valence-electron chi connectivity index (χ0n) is 17.2. The minimum Gasteiger partial charge on any atom is -0.390 e.